The first-order valence-corrected chi connectivity index (χ1v) is 11.2. The summed E-state index contributed by atoms with van der Waals surface area (Å²) in [5, 5.41) is 4.17. The lowest BCUT2D eigenvalue weighted by molar-refractivity contribution is 0.0954. The highest BCUT2D eigenvalue weighted by atomic mass is 127. The highest BCUT2D eigenvalue weighted by molar-refractivity contribution is 14.1. The molecular formula is C25H28IN3O2. The summed E-state index contributed by atoms with van der Waals surface area (Å²) in [5.74, 6) is 0.385. The summed E-state index contributed by atoms with van der Waals surface area (Å²) in [7, 11) is 1.59. The van der Waals surface area contributed by atoms with Gasteiger partial charge in [0.05, 0.1) is 16.9 Å². The molecule has 2 aromatic carbocycles. The maximum atomic E-state index is 12.4. The molecule has 1 aromatic heterocycles. The van der Waals surface area contributed by atoms with E-state index in [1.54, 1.807) is 25.5 Å². The molecule has 0 aliphatic carbocycles. The number of carbonyl (C=O) groups is 1. The number of hydrazone groups is 1. The molecule has 0 atom stereocenters. The van der Waals surface area contributed by atoms with Crippen LogP contribution in [0.25, 0.3) is 5.69 Å². The third kappa shape index (κ3) is 5.18. The van der Waals surface area contributed by atoms with Crippen LogP contribution in [0.2, 0.25) is 0 Å². The first-order valence-electron chi connectivity index (χ1n) is 10.1. The van der Waals surface area contributed by atoms with Gasteiger partial charge >= 0.3 is 0 Å². The molecule has 0 fully saturated rings. The van der Waals surface area contributed by atoms with E-state index >= 15 is 0 Å². The first-order chi connectivity index (χ1) is 14.6. The van der Waals surface area contributed by atoms with Crippen molar-refractivity contribution in [2.24, 2.45) is 5.10 Å². The second kappa shape index (κ2) is 9.26. The van der Waals surface area contributed by atoms with Gasteiger partial charge in [0, 0.05) is 28.2 Å². The van der Waals surface area contributed by atoms with Crippen LogP contribution < -0.4 is 10.2 Å². The van der Waals surface area contributed by atoms with Crippen molar-refractivity contribution in [2.75, 3.05) is 7.11 Å². The molecule has 0 radical (unpaired) electrons. The van der Waals surface area contributed by atoms with E-state index in [-0.39, 0.29) is 11.3 Å². The predicted molar refractivity (Wildman–Crippen MR) is 135 cm³/mol. The van der Waals surface area contributed by atoms with Crippen molar-refractivity contribution in [1.82, 2.24) is 9.99 Å². The van der Waals surface area contributed by atoms with Crippen LogP contribution in [0.4, 0.5) is 0 Å². The van der Waals surface area contributed by atoms with Crippen molar-refractivity contribution in [3.05, 3.63) is 80.2 Å². The number of aromatic nitrogens is 1. The number of rotatable bonds is 5. The van der Waals surface area contributed by atoms with Crippen molar-refractivity contribution < 1.29 is 9.53 Å². The fraction of sp³-hybridized carbons (Fsp3) is 0.280. The predicted octanol–water partition coefficient (Wildman–Crippen LogP) is 5.77. The lowest BCUT2D eigenvalue weighted by Crippen LogP contribution is -2.17. The SMILES string of the molecule is COc1cc(C(=O)N/N=C\c2cc(C)n(-c3ccc(C(C)(C)C)cc3)c2C)ccc1I. The van der Waals surface area contributed by atoms with Crippen LogP contribution in [0.5, 0.6) is 5.75 Å². The molecule has 0 bridgehead atoms. The second-order valence-corrected chi connectivity index (χ2v) is 9.67. The third-order valence-corrected chi connectivity index (χ3v) is 6.14. The Hall–Kier alpha value is -2.61. The zero-order valence-corrected chi connectivity index (χ0v) is 20.9. The molecule has 0 aliphatic heterocycles. The van der Waals surface area contributed by atoms with Gasteiger partial charge in [0.1, 0.15) is 5.75 Å². The molecule has 31 heavy (non-hydrogen) atoms. The number of benzene rings is 2. The zero-order chi connectivity index (χ0) is 22.8. The Morgan fingerprint density at radius 2 is 1.77 bits per heavy atom. The Kier molecular flexibility index (Phi) is 6.89. The summed E-state index contributed by atoms with van der Waals surface area (Å²) in [4.78, 5) is 12.4. The molecule has 0 saturated carbocycles. The molecule has 1 heterocycles. The summed E-state index contributed by atoms with van der Waals surface area (Å²) in [5.41, 5.74) is 8.76. The van der Waals surface area contributed by atoms with Crippen molar-refractivity contribution in [1.29, 1.82) is 0 Å². The molecule has 3 aromatic rings. The van der Waals surface area contributed by atoms with Gasteiger partial charge in [-0.15, -0.1) is 0 Å². The smallest absolute Gasteiger partial charge is 0.271 e. The van der Waals surface area contributed by atoms with Gasteiger partial charge in [0.25, 0.3) is 5.91 Å². The van der Waals surface area contributed by atoms with Crippen LogP contribution in [-0.4, -0.2) is 23.8 Å². The van der Waals surface area contributed by atoms with Crippen molar-refractivity contribution in [3.8, 4) is 11.4 Å². The summed E-state index contributed by atoms with van der Waals surface area (Å²) < 4.78 is 8.42. The number of hydrogen-bond acceptors (Lipinski definition) is 3. The Labute approximate surface area is 197 Å². The van der Waals surface area contributed by atoms with Crippen LogP contribution in [0.3, 0.4) is 0 Å². The summed E-state index contributed by atoms with van der Waals surface area (Å²) in [6, 6.07) is 16.0. The lowest BCUT2D eigenvalue weighted by Gasteiger charge is -2.20. The van der Waals surface area contributed by atoms with Gasteiger partial charge in [-0.25, -0.2) is 5.43 Å². The topological polar surface area (TPSA) is 55.6 Å². The van der Waals surface area contributed by atoms with Crippen molar-refractivity contribution in [3.63, 3.8) is 0 Å². The highest BCUT2D eigenvalue weighted by Crippen LogP contribution is 2.25. The Bertz CT molecular complexity index is 1120. The summed E-state index contributed by atoms with van der Waals surface area (Å²) in [6.45, 7) is 10.8. The van der Waals surface area contributed by atoms with Gasteiger partial charge in [-0.1, -0.05) is 32.9 Å². The molecule has 0 unspecified atom stereocenters. The lowest BCUT2D eigenvalue weighted by atomic mass is 9.87. The fourth-order valence-electron chi connectivity index (χ4n) is 3.45. The molecule has 162 valence electrons. The maximum Gasteiger partial charge on any atom is 0.271 e. The summed E-state index contributed by atoms with van der Waals surface area (Å²) >= 11 is 2.17. The summed E-state index contributed by atoms with van der Waals surface area (Å²) in [6.07, 6.45) is 1.68. The Morgan fingerprint density at radius 1 is 1.10 bits per heavy atom. The van der Waals surface area contributed by atoms with E-state index in [1.807, 2.05) is 6.07 Å². The minimum atomic E-state index is -0.280. The van der Waals surface area contributed by atoms with Gasteiger partial charge in [-0.05, 0) is 83.8 Å². The largest absolute Gasteiger partial charge is 0.496 e. The number of nitrogens with zero attached hydrogens (tertiary/aromatic N) is 2. The Balaban J connectivity index is 1.78. The number of amides is 1. The van der Waals surface area contributed by atoms with E-state index in [9.17, 15) is 4.79 Å². The maximum absolute atomic E-state index is 12.4. The number of methoxy groups -OCH3 is 1. The molecule has 0 spiro atoms. The minimum Gasteiger partial charge on any atom is -0.496 e. The molecular weight excluding hydrogens is 501 g/mol. The van der Waals surface area contributed by atoms with E-state index in [1.165, 1.54) is 5.56 Å². The first kappa shape index (κ1) is 23.1. The molecule has 6 heteroatoms. The van der Waals surface area contributed by atoms with Gasteiger partial charge in [0.2, 0.25) is 0 Å². The van der Waals surface area contributed by atoms with Gasteiger partial charge < -0.3 is 9.30 Å². The molecule has 1 N–H and O–H groups in total. The quantitative estimate of drug-likeness (QED) is 0.259. The number of aryl methyl sites for hydroxylation is 1. The number of nitrogens with one attached hydrogen (secondary N) is 1. The number of halogens is 1. The van der Waals surface area contributed by atoms with Crippen LogP contribution in [0.1, 0.15) is 53.6 Å². The van der Waals surface area contributed by atoms with Crippen molar-refractivity contribution in [2.45, 2.75) is 40.0 Å². The second-order valence-electron chi connectivity index (χ2n) is 8.51. The van der Waals surface area contributed by atoms with Crippen LogP contribution >= 0.6 is 22.6 Å². The van der Waals surface area contributed by atoms with Crippen LogP contribution in [0, 0.1) is 17.4 Å². The molecule has 5 nitrogen and oxygen atoms in total. The molecule has 3 rings (SSSR count). The molecule has 1 amide bonds. The Morgan fingerprint density at radius 3 is 2.39 bits per heavy atom. The fourth-order valence-corrected chi connectivity index (χ4v) is 4.01. The number of hydrogen-bond donors (Lipinski definition) is 1. The van der Waals surface area contributed by atoms with Gasteiger partial charge in [-0.3, -0.25) is 4.79 Å². The van der Waals surface area contributed by atoms with E-state index < -0.39 is 0 Å². The third-order valence-electron chi connectivity index (χ3n) is 5.24. The van der Waals surface area contributed by atoms with Gasteiger partial charge in [-0.2, -0.15) is 5.10 Å². The van der Waals surface area contributed by atoms with E-state index in [0.717, 1.165) is 26.2 Å². The van der Waals surface area contributed by atoms with E-state index in [0.29, 0.717) is 11.3 Å². The molecule has 0 aliphatic rings. The highest BCUT2D eigenvalue weighted by Gasteiger charge is 2.15. The zero-order valence-electron chi connectivity index (χ0n) is 18.8. The standard InChI is InChI=1S/C25H28IN3O2/c1-16-13-19(15-27-28-24(30)18-7-12-22(26)23(14-18)31-6)17(2)29(16)21-10-8-20(9-11-21)25(3,4)5/h7-15H,1-6H3,(H,28,30)/b27-15-. The average Bonchev–Trinajstić information content (AvgIpc) is 3.01. The minimum absolute atomic E-state index is 0.121. The van der Waals surface area contributed by atoms with Crippen LogP contribution in [0.15, 0.2) is 53.6 Å². The van der Waals surface area contributed by atoms with E-state index in [4.69, 9.17) is 4.74 Å². The number of ether oxygens (including phenoxy) is 1. The normalized spacial score (nSPS) is 11.7. The van der Waals surface area contributed by atoms with Gasteiger partial charge in [0.15, 0.2) is 0 Å². The monoisotopic (exact) mass is 529 g/mol. The molecule has 0 saturated heterocycles. The van der Waals surface area contributed by atoms with Crippen LogP contribution in [-0.2, 0) is 5.41 Å². The number of carbonyl (C=O) groups excluding carboxylic acids is 1. The average molecular weight is 529 g/mol. The van der Waals surface area contributed by atoms with E-state index in [2.05, 4.69) is 103 Å². The van der Waals surface area contributed by atoms with Crippen molar-refractivity contribution >= 4 is 34.7 Å².